The third-order valence-corrected chi connectivity index (χ3v) is 6.04. The van der Waals surface area contributed by atoms with Crippen molar-refractivity contribution in [3.8, 4) is 0 Å². The van der Waals surface area contributed by atoms with E-state index in [1.807, 2.05) is 6.92 Å². The van der Waals surface area contributed by atoms with Crippen LogP contribution in [0.15, 0.2) is 45.9 Å². The molecule has 0 saturated heterocycles. The summed E-state index contributed by atoms with van der Waals surface area (Å²) in [4.78, 5) is 0.588. The molecule has 0 radical (unpaired) electrons. The van der Waals surface area contributed by atoms with E-state index in [-0.39, 0.29) is 11.5 Å². The van der Waals surface area contributed by atoms with E-state index in [4.69, 9.17) is 0 Å². The molecule has 150 valence electrons. The fraction of sp³-hybridized carbons (Fsp3) is 0.571. The smallest absolute Gasteiger partial charge is 0.128 e. The van der Waals surface area contributed by atoms with Crippen molar-refractivity contribution in [2.24, 2.45) is 5.41 Å². The monoisotopic (exact) mass is 387 g/mol. The summed E-state index contributed by atoms with van der Waals surface area (Å²) >= 11 is 0. The lowest BCUT2D eigenvalue weighted by Crippen LogP contribution is -2.33. The Bertz CT molecular complexity index is 701. The van der Waals surface area contributed by atoms with Crippen LogP contribution in [0, 0.1) is 5.41 Å². The van der Waals surface area contributed by atoms with Gasteiger partial charge >= 0.3 is 0 Å². The molecule has 26 heavy (non-hydrogen) atoms. The summed E-state index contributed by atoms with van der Waals surface area (Å²) in [5, 5.41) is 0. The van der Waals surface area contributed by atoms with Crippen LogP contribution in [0.25, 0.3) is 0 Å². The van der Waals surface area contributed by atoms with Crippen LogP contribution in [-0.4, -0.2) is 16.1 Å². The van der Waals surface area contributed by atoms with Gasteiger partial charge in [0.05, 0.1) is 5.83 Å². The Hall–Kier alpha value is -1.20. The minimum atomic E-state index is -2.60. The lowest BCUT2D eigenvalue weighted by atomic mass is 9.89. The molecule has 0 saturated carbocycles. The first kappa shape index (κ1) is 24.8. The van der Waals surface area contributed by atoms with Gasteiger partial charge in [0.2, 0.25) is 0 Å². The van der Waals surface area contributed by atoms with E-state index in [9.17, 15) is 13.0 Å². The normalized spacial score (nSPS) is 19.1. The van der Waals surface area contributed by atoms with Crippen molar-refractivity contribution in [1.29, 1.82) is 0 Å². The predicted molar refractivity (Wildman–Crippen MR) is 113 cm³/mol. The lowest BCUT2D eigenvalue weighted by Gasteiger charge is -2.23. The van der Waals surface area contributed by atoms with Gasteiger partial charge in [-0.3, -0.25) is 0 Å². The van der Waals surface area contributed by atoms with Gasteiger partial charge < -0.3 is 0 Å². The zero-order valence-electron chi connectivity index (χ0n) is 17.5. The molecule has 0 rings (SSSR count). The molecule has 0 aliphatic carbocycles. The van der Waals surface area contributed by atoms with E-state index in [0.29, 0.717) is 16.1 Å². The number of halogens is 2. The van der Waals surface area contributed by atoms with Crippen LogP contribution >= 0.6 is 0 Å². The van der Waals surface area contributed by atoms with Crippen molar-refractivity contribution in [3.05, 3.63) is 45.9 Å². The Morgan fingerprint density at radius 1 is 1.15 bits per heavy atom. The maximum Gasteiger partial charge on any atom is 0.128 e. The van der Waals surface area contributed by atoms with Gasteiger partial charge in [-0.05, 0) is 76.0 Å². The Kier molecular flexibility index (Phi) is 9.74. The highest BCUT2D eigenvalue weighted by atomic mass is 32.2. The Morgan fingerprint density at radius 2 is 1.69 bits per heavy atom. The fourth-order valence-corrected chi connectivity index (χ4v) is 3.32. The van der Waals surface area contributed by atoms with Gasteiger partial charge in [0.25, 0.3) is 0 Å². The van der Waals surface area contributed by atoms with Gasteiger partial charge in [0, 0.05) is 26.7 Å². The largest absolute Gasteiger partial charge is 0.248 e. The lowest BCUT2D eigenvalue weighted by molar-refractivity contribution is 0.348. The summed E-state index contributed by atoms with van der Waals surface area (Å²) in [6.07, 6.45) is 6.13. The van der Waals surface area contributed by atoms with Crippen LogP contribution in [0.3, 0.4) is 0 Å². The molecule has 0 amide bonds. The molecule has 2 atom stereocenters. The molecule has 1 N–H and O–H groups in total. The van der Waals surface area contributed by atoms with E-state index >= 15 is 0 Å². The second-order valence-corrected chi connectivity index (χ2v) is 10.4. The van der Waals surface area contributed by atoms with Crippen LogP contribution in [0.5, 0.6) is 0 Å². The van der Waals surface area contributed by atoms with E-state index in [1.54, 1.807) is 32.9 Å². The second-order valence-electron chi connectivity index (χ2n) is 8.12. The van der Waals surface area contributed by atoms with Crippen molar-refractivity contribution >= 4 is 15.6 Å². The second kappa shape index (κ2) is 10.2. The van der Waals surface area contributed by atoms with Gasteiger partial charge in [-0.1, -0.05) is 26.8 Å². The van der Waals surface area contributed by atoms with E-state index in [2.05, 4.69) is 31.4 Å². The maximum absolute atomic E-state index is 13.8. The van der Waals surface area contributed by atoms with Gasteiger partial charge in [0.15, 0.2) is 0 Å². The number of allylic oxidation sites excluding steroid dienone is 8. The highest BCUT2D eigenvalue weighted by Gasteiger charge is 2.15. The van der Waals surface area contributed by atoms with Crippen molar-refractivity contribution in [3.63, 3.8) is 0 Å². The third kappa shape index (κ3) is 10.1. The van der Waals surface area contributed by atoms with Gasteiger partial charge in [0.1, 0.15) is 5.83 Å². The standard InChI is InChI=1S/C21H35F2NOS/c1-15(19(5)20(23)14-16(2)22)10-11-18(4)26(9,25)24-17(3)12-13-21(6,7)8/h10-11,14,17H,9,12-13H2,1-8H3,(H,24,25)/b15-10+,16-14+,18-11+,20-19-. The highest BCUT2D eigenvalue weighted by molar-refractivity contribution is 8.02. The SMILES string of the molecule is C=S(=O)(NC(C)CCC(C)(C)C)/C(C)=C/C=C(C)/C(C)=C(F)/C=C(\C)F. The summed E-state index contributed by atoms with van der Waals surface area (Å²) in [6, 6.07) is 0.0735. The van der Waals surface area contributed by atoms with Crippen molar-refractivity contribution in [2.75, 3.05) is 0 Å². The number of hydrogen-bond donors (Lipinski definition) is 1. The van der Waals surface area contributed by atoms with E-state index < -0.39 is 21.4 Å². The summed E-state index contributed by atoms with van der Waals surface area (Å²) in [5.41, 5.74) is 1.20. The van der Waals surface area contributed by atoms with Crippen LogP contribution in [0.1, 0.15) is 68.2 Å². The van der Waals surface area contributed by atoms with Crippen LogP contribution in [0.4, 0.5) is 8.78 Å². The minimum Gasteiger partial charge on any atom is -0.248 e. The van der Waals surface area contributed by atoms with Gasteiger partial charge in [-0.15, -0.1) is 0 Å². The number of hydrogen-bond acceptors (Lipinski definition) is 1. The zero-order valence-corrected chi connectivity index (χ0v) is 18.3. The predicted octanol–water partition coefficient (Wildman–Crippen LogP) is 6.39. The zero-order chi connectivity index (χ0) is 20.7. The van der Waals surface area contributed by atoms with Crippen LogP contribution in [-0.2, 0) is 9.71 Å². The number of rotatable bonds is 8. The molecule has 0 aliphatic rings. The summed E-state index contributed by atoms with van der Waals surface area (Å²) in [6.45, 7) is 14.8. The molecule has 0 spiro atoms. The van der Waals surface area contributed by atoms with E-state index in [0.717, 1.165) is 18.9 Å². The van der Waals surface area contributed by atoms with Gasteiger partial charge in [-0.25, -0.2) is 17.7 Å². The first-order valence-electron chi connectivity index (χ1n) is 8.86. The average molecular weight is 388 g/mol. The van der Waals surface area contributed by atoms with Crippen molar-refractivity contribution < 1.29 is 13.0 Å². The third-order valence-electron chi connectivity index (χ3n) is 4.08. The van der Waals surface area contributed by atoms with Crippen molar-refractivity contribution in [2.45, 2.75) is 74.3 Å². The molecule has 0 aromatic heterocycles. The first-order chi connectivity index (χ1) is 11.7. The average Bonchev–Trinajstić information content (AvgIpc) is 2.47. The quantitative estimate of drug-likeness (QED) is 0.379. The fourth-order valence-electron chi connectivity index (χ4n) is 2.07. The molecule has 2 unspecified atom stereocenters. The summed E-state index contributed by atoms with van der Waals surface area (Å²) in [5.74, 6) is 2.62. The molecule has 0 fully saturated rings. The minimum absolute atomic E-state index is 0.0735. The molecule has 0 aliphatic heterocycles. The summed E-state index contributed by atoms with van der Waals surface area (Å²) in [7, 11) is -2.60. The first-order valence-corrected chi connectivity index (χ1v) is 10.6. The highest BCUT2D eigenvalue weighted by Crippen LogP contribution is 2.22. The topological polar surface area (TPSA) is 29.1 Å². The molecule has 5 heteroatoms. The molecular formula is C21H35F2NOS. The van der Waals surface area contributed by atoms with Crippen molar-refractivity contribution in [1.82, 2.24) is 4.72 Å². The molecule has 0 bridgehead atoms. The van der Waals surface area contributed by atoms with Crippen LogP contribution < -0.4 is 4.72 Å². The van der Waals surface area contributed by atoms with Crippen LogP contribution in [0.2, 0.25) is 0 Å². The Morgan fingerprint density at radius 3 is 2.15 bits per heavy atom. The summed E-state index contributed by atoms with van der Waals surface area (Å²) < 4.78 is 42.6. The molecule has 0 heterocycles. The molecule has 0 aromatic carbocycles. The maximum atomic E-state index is 13.8. The molecule has 0 aromatic rings. The Balaban J connectivity index is 5.20. The Labute approximate surface area is 159 Å². The number of nitrogens with one attached hydrogen (secondary N) is 1. The van der Waals surface area contributed by atoms with E-state index in [1.165, 1.54) is 6.92 Å². The molecule has 2 nitrogen and oxygen atoms in total. The van der Waals surface area contributed by atoms with Gasteiger partial charge in [-0.2, -0.15) is 0 Å². The molecular weight excluding hydrogens is 352 g/mol.